The van der Waals surface area contributed by atoms with Gasteiger partial charge < -0.3 is 5.11 Å². The van der Waals surface area contributed by atoms with E-state index in [4.69, 9.17) is 0 Å². The van der Waals surface area contributed by atoms with Crippen LogP contribution in [0.15, 0.2) is 0 Å². The molecule has 4 aliphatic rings. The van der Waals surface area contributed by atoms with Crippen LogP contribution in [0.25, 0.3) is 0 Å². The zero-order valence-corrected chi connectivity index (χ0v) is 13.6. The number of ketones is 1. The number of fused-ring (bicyclic) bond motifs is 5. The molecule has 0 saturated heterocycles. The first-order valence-electron chi connectivity index (χ1n) is 9.15. The van der Waals surface area contributed by atoms with Crippen LogP contribution in [0, 0.1) is 34.5 Å². The minimum absolute atomic E-state index is 0.0170. The molecule has 4 fully saturated rings. The summed E-state index contributed by atoms with van der Waals surface area (Å²) in [5.74, 6) is 3.65. The SMILES string of the molecule is C[C@]12CC[C@@H]3[C@@H](CC[C@]4(C)C(=O)CC[C@@H]34)[C@@H]1CC[C@H](O)C2. The lowest BCUT2D eigenvalue weighted by atomic mass is 9.46. The summed E-state index contributed by atoms with van der Waals surface area (Å²) in [5.41, 5.74) is 0.387. The monoisotopic (exact) mass is 290 g/mol. The summed E-state index contributed by atoms with van der Waals surface area (Å²) < 4.78 is 0. The lowest BCUT2D eigenvalue weighted by molar-refractivity contribution is -0.138. The number of carbonyl (C=O) groups is 1. The van der Waals surface area contributed by atoms with E-state index in [2.05, 4.69) is 13.8 Å². The Hall–Kier alpha value is -0.370. The Morgan fingerprint density at radius 1 is 0.952 bits per heavy atom. The van der Waals surface area contributed by atoms with Crippen molar-refractivity contribution in [1.82, 2.24) is 0 Å². The van der Waals surface area contributed by atoms with Crippen LogP contribution in [-0.2, 0) is 4.79 Å². The van der Waals surface area contributed by atoms with Gasteiger partial charge in [-0.3, -0.25) is 4.79 Å². The average Bonchev–Trinajstić information content (AvgIpc) is 2.73. The molecule has 0 unspecified atom stereocenters. The molecule has 0 aromatic carbocycles. The molecule has 0 heterocycles. The van der Waals surface area contributed by atoms with Gasteiger partial charge in [-0.15, -0.1) is 0 Å². The minimum Gasteiger partial charge on any atom is -0.393 e. The Labute approximate surface area is 128 Å². The van der Waals surface area contributed by atoms with Crippen molar-refractivity contribution in [3.05, 3.63) is 0 Å². The van der Waals surface area contributed by atoms with Crippen molar-refractivity contribution in [1.29, 1.82) is 0 Å². The normalized spacial score (nSPS) is 56.5. The minimum atomic E-state index is -0.0651. The number of hydrogen-bond donors (Lipinski definition) is 1. The number of aliphatic hydroxyl groups excluding tert-OH is 1. The largest absolute Gasteiger partial charge is 0.393 e. The van der Waals surface area contributed by atoms with Gasteiger partial charge >= 0.3 is 0 Å². The second-order valence-corrected chi connectivity index (χ2v) is 9.09. The molecule has 21 heavy (non-hydrogen) atoms. The zero-order valence-electron chi connectivity index (χ0n) is 13.6. The molecule has 4 rings (SSSR count). The van der Waals surface area contributed by atoms with Crippen molar-refractivity contribution in [2.24, 2.45) is 34.5 Å². The number of Topliss-reactive ketones (excluding diaryl/α,β-unsaturated/α-hetero) is 1. The first kappa shape index (κ1) is 14.2. The van der Waals surface area contributed by atoms with Crippen LogP contribution < -0.4 is 0 Å². The molecular formula is C19H30O2. The van der Waals surface area contributed by atoms with Crippen LogP contribution in [0.5, 0.6) is 0 Å². The standard InChI is InChI=1S/C19H30O2/c1-18-9-7-14-13(15(18)4-3-12(20)11-18)8-10-19(2)16(14)5-6-17(19)21/h12-16,20H,3-11H2,1-2H3/t12-,13+,14+,15-,16-,18+,19-/m0/s1. The first-order valence-corrected chi connectivity index (χ1v) is 9.15. The van der Waals surface area contributed by atoms with Crippen molar-refractivity contribution >= 4 is 5.78 Å². The van der Waals surface area contributed by atoms with Crippen LogP contribution in [0.2, 0.25) is 0 Å². The van der Waals surface area contributed by atoms with Gasteiger partial charge in [0.25, 0.3) is 0 Å². The van der Waals surface area contributed by atoms with Crippen LogP contribution in [0.1, 0.15) is 71.6 Å². The predicted molar refractivity (Wildman–Crippen MR) is 82.7 cm³/mol. The molecule has 2 heteroatoms. The molecule has 118 valence electrons. The molecule has 4 aliphatic carbocycles. The summed E-state index contributed by atoms with van der Waals surface area (Å²) in [6.45, 7) is 4.70. The number of rotatable bonds is 0. The summed E-state index contributed by atoms with van der Waals surface area (Å²) >= 11 is 0. The molecule has 0 spiro atoms. The van der Waals surface area contributed by atoms with Crippen molar-refractivity contribution in [2.75, 3.05) is 0 Å². The smallest absolute Gasteiger partial charge is 0.139 e. The summed E-state index contributed by atoms with van der Waals surface area (Å²) in [6, 6.07) is 0. The van der Waals surface area contributed by atoms with Gasteiger partial charge in [0, 0.05) is 11.8 Å². The fourth-order valence-corrected chi connectivity index (χ4v) is 7.03. The Morgan fingerprint density at radius 3 is 2.48 bits per heavy atom. The van der Waals surface area contributed by atoms with E-state index in [-0.39, 0.29) is 11.5 Å². The fourth-order valence-electron chi connectivity index (χ4n) is 7.03. The van der Waals surface area contributed by atoms with Gasteiger partial charge in [0.15, 0.2) is 0 Å². The molecule has 0 bridgehead atoms. The van der Waals surface area contributed by atoms with E-state index < -0.39 is 0 Å². The Morgan fingerprint density at radius 2 is 1.67 bits per heavy atom. The topological polar surface area (TPSA) is 37.3 Å². The van der Waals surface area contributed by atoms with Crippen LogP contribution in [0.3, 0.4) is 0 Å². The number of carbonyl (C=O) groups excluding carboxylic acids is 1. The maximum absolute atomic E-state index is 12.4. The molecule has 1 N–H and O–H groups in total. The van der Waals surface area contributed by atoms with E-state index >= 15 is 0 Å². The van der Waals surface area contributed by atoms with Crippen molar-refractivity contribution in [3.63, 3.8) is 0 Å². The van der Waals surface area contributed by atoms with Gasteiger partial charge in [-0.25, -0.2) is 0 Å². The highest BCUT2D eigenvalue weighted by Crippen LogP contribution is 2.64. The molecule has 7 atom stereocenters. The van der Waals surface area contributed by atoms with Crippen LogP contribution in [-0.4, -0.2) is 17.0 Å². The first-order chi connectivity index (χ1) is 9.94. The van der Waals surface area contributed by atoms with Gasteiger partial charge in [-0.05, 0) is 80.5 Å². The third kappa shape index (κ3) is 1.90. The number of hydrogen-bond acceptors (Lipinski definition) is 2. The van der Waals surface area contributed by atoms with Crippen molar-refractivity contribution in [3.8, 4) is 0 Å². The summed E-state index contributed by atoms with van der Waals surface area (Å²) in [5, 5.41) is 10.1. The summed E-state index contributed by atoms with van der Waals surface area (Å²) in [4.78, 5) is 12.4. The molecule has 4 saturated carbocycles. The third-order valence-electron chi connectivity index (χ3n) is 8.18. The quantitative estimate of drug-likeness (QED) is 0.733. The van der Waals surface area contributed by atoms with Crippen LogP contribution >= 0.6 is 0 Å². The third-order valence-corrected chi connectivity index (χ3v) is 8.18. The fraction of sp³-hybridized carbons (Fsp3) is 0.947. The predicted octanol–water partition coefficient (Wildman–Crippen LogP) is 3.96. The van der Waals surface area contributed by atoms with Gasteiger partial charge in [0.1, 0.15) is 5.78 Å². The van der Waals surface area contributed by atoms with Crippen molar-refractivity contribution < 1.29 is 9.90 Å². The molecule has 0 amide bonds. The number of aliphatic hydroxyl groups is 1. The van der Waals surface area contributed by atoms with Gasteiger partial charge in [-0.1, -0.05) is 13.8 Å². The second kappa shape index (κ2) is 4.57. The summed E-state index contributed by atoms with van der Waals surface area (Å²) in [7, 11) is 0. The average molecular weight is 290 g/mol. The highest BCUT2D eigenvalue weighted by atomic mass is 16.3. The lowest BCUT2D eigenvalue weighted by Crippen LogP contribution is -2.52. The van der Waals surface area contributed by atoms with Gasteiger partial charge in [0.05, 0.1) is 6.10 Å². The molecule has 2 nitrogen and oxygen atoms in total. The Kier molecular flexibility index (Phi) is 3.10. The maximum atomic E-state index is 12.4. The summed E-state index contributed by atoms with van der Waals surface area (Å²) in [6.07, 6.45) is 10.1. The van der Waals surface area contributed by atoms with E-state index in [1.807, 2.05) is 0 Å². The van der Waals surface area contributed by atoms with Gasteiger partial charge in [-0.2, -0.15) is 0 Å². The Bertz CT molecular complexity index is 458. The van der Waals surface area contributed by atoms with Gasteiger partial charge in [0.2, 0.25) is 0 Å². The second-order valence-electron chi connectivity index (χ2n) is 9.09. The van der Waals surface area contributed by atoms with E-state index in [9.17, 15) is 9.90 Å². The highest BCUT2D eigenvalue weighted by Gasteiger charge is 2.58. The van der Waals surface area contributed by atoms with E-state index in [0.717, 1.165) is 49.9 Å². The van der Waals surface area contributed by atoms with E-state index in [0.29, 0.717) is 17.1 Å². The highest BCUT2D eigenvalue weighted by molar-refractivity contribution is 5.87. The Balaban J connectivity index is 1.62. The zero-order chi connectivity index (χ0) is 14.8. The van der Waals surface area contributed by atoms with E-state index in [1.54, 1.807) is 0 Å². The maximum Gasteiger partial charge on any atom is 0.139 e. The molecular weight excluding hydrogens is 260 g/mol. The molecule has 0 radical (unpaired) electrons. The molecule has 0 aromatic rings. The molecule has 0 aromatic heterocycles. The van der Waals surface area contributed by atoms with Crippen molar-refractivity contribution in [2.45, 2.75) is 77.7 Å². The van der Waals surface area contributed by atoms with E-state index in [1.165, 1.54) is 25.7 Å². The lowest BCUT2D eigenvalue weighted by Gasteiger charge is -2.58. The molecule has 0 aliphatic heterocycles. The van der Waals surface area contributed by atoms with Crippen LogP contribution in [0.4, 0.5) is 0 Å².